The normalized spacial score (nSPS) is 13.3. The lowest BCUT2D eigenvalue weighted by Gasteiger charge is -2.12. The van der Waals surface area contributed by atoms with Crippen LogP contribution in [0, 0.1) is 5.82 Å². The fourth-order valence-electron chi connectivity index (χ4n) is 0.947. The first kappa shape index (κ1) is 11.3. The molecule has 14 heavy (non-hydrogen) atoms. The molecule has 1 unspecified atom stereocenters. The number of hydrogen-bond acceptors (Lipinski definition) is 2. The standard InChI is InChI=1S/C8H6BrF3O2/c9-3-1-4(7(14)8(11)12)6(13)5(10)2-3/h1-2,7-8,13-14H. The molecule has 6 heteroatoms. The third-order valence-electron chi connectivity index (χ3n) is 1.61. The Bertz CT molecular complexity index is 344. The fraction of sp³-hybridized carbons (Fsp3) is 0.250. The van der Waals surface area contributed by atoms with E-state index >= 15 is 0 Å². The molecule has 0 aliphatic rings. The second-order valence-electron chi connectivity index (χ2n) is 2.60. The Kier molecular flexibility index (Phi) is 3.38. The number of hydrogen-bond donors (Lipinski definition) is 2. The van der Waals surface area contributed by atoms with Crippen LogP contribution >= 0.6 is 15.9 Å². The van der Waals surface area contributed by atoms with E-state index in [-0.39, 0.29) is 4.47 Å². The van der Waals surface area contributed by atoms with Crippen molar-refractivity contribution in [2.24, 2.45) is 0 Å². The van der Waals surface area contributed by atoms with Crippen LogP contribution in [0.15, 0.2) is 16.6 Å². The summed E-state index contributed by atoms with van der Waals surface area (Å²) in [4.78, 5) is 0. The summed E-state index contributed by atoms with van der Waals surface area (Å²) < 4.78 is 37.1. The van der Waals surface area contributed by atoms with Gasteiger partial charge in [-0.2, -0.15) is 0 Å². The summed E-state index contributed by atoms with van der Waals surface area (Å²) in [5.41, 5.74) is -0.535. The topological polar surface area (TPSA) is 40.5 Å². The van der Waals surface area contributed by atoms with Gasteiger partial charge in [0.2, 0.25) is 0 Å². The number of phenolic OH excluding ortho intramolecular Hbond substituents is 1. The predicted molar refractivity (Wildman–Crippen MR) is 46.7 cm³/mol. The summed E-state index contributed by atoms with van der Waals surface area (Å²) in [6.07, 6.45) is -5.27. The lowest BCUT2D eigenvalue weighted by Crippen LogP contribution is -2.08. The van der Waals surface area contributed by atoms with Gasteiger partial charge in [-0.3, -0.25) is 0 Å². The third-order valence-corrected chi connectivity index (χ3v) is 2.07. The van der Waals surface area contributed by atoms with Crippen LogP contribution in [0.25, 0.3) is 0 Å². The smallest absolute Gasteiger partial charge is 0.268 e. The number of phenols is 1. The maximum absolute atomic E-state index is 12.8. The van der Waals surface area contributed by atoms with Crippen LogP contribution in [-0.4, -0.2) is 16.6 Å². The van der Waals surface area contributed by atoms with Crippen LogP contribution in [0.2, 0.25) is 0 Å². The van der Waals surface area contributed by atoms with Gasteiger partial charge in [-0.15, -0.1) is 0 Å². The van der Waals surface area contributed by atoms with E-state index in [1.807, 2.05) is 0 Å². The molecule has 1 atom stereocenters. The third kappa shape index (κ3) is 2.19. The summed E-state index contributed by atoms with van der Waals surface area (Å²) >= 11 is 2.86. The first-order chi connectivity index (χ1) is 6.43. The van der Waals surface area contributed by atoms with Gasteiger partial charge < -0.3 is 10.2 Å². The number of benzene rings is 1. The Morgan fingerprint density at radius 1 is 1.29 bits per heavy atom. The minimum Gasteiger partial charge on any atom is -0.505 e. The van der Waals surface area contributed by atoms with E-state index in [4.69, 9.17) is 10.2 Å². The van der Waals surface area contributed by atoms with Crippen molar-refractivity contribution >= 4 is 15.9 Å². The molecule has 0 bridgehead atoms. The number of rotatable bonds is 2. The lowest BCUT2D eigenvalue weighted by molar-refractivity contribution is -0.00725. The number of alkyl halides is 2. The summed E-state index contributed by atoms with van der Waals surface area (Å²) in [5.74, 6) is -2.02. The van der Waals surface area contributed by atoms with Crippen molar-refractivity contribution < 1.29 is 23.4 Å². The molecule has 2 N–H and O–H groups in total. The highest BCUT2D eigenvalue weighted by molar-refractivity contribution is 9.10. The highest BCUT2D eigenvalue weighted by Crippen LogP contribution is 2.33. The molecule has 0 spiro atoms. The Morgan fingerprint density at radius 3 is 2.36 bits per heavy atom. The quantitative estimate of drug-likeness (QED) is 0.867. The Morgan fingerprint density at radius 2 is 1.86 bits per heavy atom. The molecule has 1 aromatic rings. The maximum Gasteiger partial charge on any atom is 0.268 e. The van der Waals surface area contributed by atoms with Gasteiger partial charge in [-0.05, 0) is 12.1 Å². The zero-order chi connectivity index (χ0) is 10.9. The summed E-state index contributed by atoms with van der Waals surface area (Å²) in [6, 6.07) is 1.95. The van der Waals surface area contributed by atoms with Crippen LogP contribution in [0.4, 0.5) is 13.2 Å². The van der Waals surface area contributed by atoms with Crippen LogP contribution < -0.4 is 0 Å². The first-order valence-corrected chi connectivity index (χ1v) is 4.37. The van der Waals surface area contributed by atoms with Gasteiger partial charge in [0.05, 0.1) is 0 Å². The molecular weight excluding hydrogens is 265 g/mol. The minimum absolute atomic E-state index is 0.169. The molecule has 0 aliphatic heterocycles. The van der Waals surface area contributed by atoms with E-state index in [1.165, 1.54) is 0 Å². The van der Waals surface area contributed by atoms with E-state index in [0.717, 1.165) is 12.1 Å². The van der Waals surface area contributed by atoms with Crippen molar-refractivity contribution in [3.8, 4) is 5.75 Å². The minimum atomic E-state index is -3.07. The van der Waals surface area contributed by atoms with Crippen molar-refractivity contribution in [1.29, 1.82) is 0 Å². The maximum atomic E-state index is 12.8. The average molecular weight is 271 g/mol. The molecule has 0 heterocycles. The van der Waals surface area contributed by atoms with Gasteiger partial charge in [-0.25, -0.2) is 13.2 Å². The number of halogens is 4. The second kappa shape index (κ2) is 4.18. The van der Waals surface area contributed by atoms with Gasteiger partial charge in [0.15, 0.2) is 11.6 Å². The second-order valence-corrected chi connectivity index (χ2v) is 3.52. The van der Waals surface area contributed by atoms with E-state index in [9.17, 15) is 13.2 Å². The van der Waals surface area contributed by atoms with Gasteiger partial charge in [0.25, 0.3) is 6.43 Å². The Hall–Kier alpha value is -0.750. The van der Waals surface area contributed by atoms with Crippen molar-refractivity contribution in [2.75, 3.05) is 0 Å². The monoisotopic (exact) mass is 270 g/mol. The van der Waals surface area contributed by atoms with Crippen molar-refractivity contribution in [3.05, 3.63) is 28.0 Å². The van der Waals surface area contributed by atoms with Crippen LogP contribution in [0.5, 0.6) is 5.75 Å². The lowest BCUT2D eigenvalue weighted by atomic mass is 10.1. The highest BCUT2D eigenvalue weighted by atomic mass is 79.9. The Labute approximate surface area is 86.1 Å². The highest BCUT2D eigenvalue weighted by Gasteiger charge is 2.24. The van der Waals surface area contributed by atoms with Crippen LogP contribution in [0.3, 0.4) is 0 Å². The number of aliphatic hydroxyl groups is 1. The first-order valence-electron chi connectivity index (χ1n) is 3.57. The van der Waals surface area contributed by atoms with Gasteiger partial charge in [-0.1, -0.05) is 15.9 Å². The van der Waals surface area contributed by atoms with E-state index < -0.39 is 29.7 Å². The molecule has 0 saturated carbocycles. The van der Waals surface area contributed by atoms with E-state index in [0.29, 0.717) is 0 Å². The van der Waals surface area contributed by atoms with Crippen molar-refractivity contribution in [2.45, 2.75) is 12.5 Å². The molecule has 1 rings (SSSR count). The Balaban J connectivity index is 3.20. The largest absolute Gasteiger partial charge is 0.505 e. The molecule has 0 saturated heterocycles. The molecule has 78 valence electrons. The molecule has 2 nitrogen and oxygen atoms in total. The van der Waals surface area contributed by atoms with Gasteiger partial charge in [0.1, 0.15) is 6.10 Å². The molecule has 0 aliphatic carbocycles. The van der Waals surface area contributed by atoms with E-state index in [1.54, 1.807) is 0 Å². The van der Waals surface area contributed by atoms with Crippen molar-refractivity contribution in [1.82, 2.24) is 0 Å². The molecule has 0 aromatic heterocycles. The zero-order valence-corrected chi connectivity index (χ0v) is 8.30. The van der Waals surface area contributed by atoms with Crippen molar-refractivity contribution in [3.63, 3.8) is 0 Å². The van der Waals surface area contributed by atoms with Crippen LogP contribution in [-0.2, 0) is 0 Å². The SMILES string of the molecule is Oc1c(F)cc(Br)cc1C(O)C(F)F. The average Bonchev–Trinajstić information content (AvgIpc) is 2.09. The summed E-state index contributed by atoms with van der Waals surface area (Å²) in [7, 11) is 0. The molecule has 0 fully saturated rings. The summed E-state index contributed by atoms with van der Waals surface area (Å²) in [6.45, 7) is 0. The predicted octanol–water partition coefficient (Wildman–Crippen LogP) is 2.59. The molecular formula is C8H6BrF3O2. The molecule has 1 aromatic carbocycles. The molecule has 0 amide bonds. The number of aliphatic hydroxyl groups excluding tert-OH is 1. The van der Waals surface area contributed by atoms with E-state index in [2.05, 4.69) is 15.9 Å². The fourth-order valence-corrected chi connectivity index (χ4v) is 1.39. The summed E-state index contributed by atoms with van der Waals surface area (Å²) in [5, 5.41) is 18.0. The van der Waals surface area contributed by atoms with Crippen LogP contribution in [0.1, 0.15) is 11.7 Å². The van der Waals surface area contributed by atoms with Gasteiger partial charge in [0, 0.05) is 10.0 Å². The molecule has 0 radical (unpaired) electrons. The zero-order valence-electron chi connectivity index (χ0n) is 6.72. The number of aromatic hydroxyl groups is 1. The van der Waals surface area contributed by atoms with Gasteiger partial charge >= 0.3 is 0 Å².